The number of pyridine rings is 1. The Morgan fingerprint density at radius 1 is 0.725 bits per heavy atom. The number of fused-ring (bicyclic) bond motifs is 3. The Morgan fingerprint density at radius 3 is 1.82 bits per heavy atom. The summed E-state index contributed by atoms with van der Waals surface area (Å²) in [5, 5.41) is 0.654. The van der Waals surface area contributed by atoms with Crippen LogP contribution < -0.4 is 5.56 Å². The molecule has 51 heavy (non-hydrogen) atoms. The molecule has 0 spiro atoms. The highest BCUT2D eigenvalue weighted by atomic mass is 19.4. The summed E-state index contributed by atoms with van der Waals surface area (Å²) >= 11 is 0. The highest BCUT2D eigenvalue weighted by molar-refractivity contribution is 6.09. The van der Waals surface area contributed by atoms with Crippen LogP contribution in [0, 0.1) is 18.6 Å². The van der Waals surface area contributed by atoms with Gasteiger partial charge in [0.05, 0.1) is 11.6 Å². The van der Waals surface area contributed by atoms with E-state index >= 15 is 0 Å². The van der Waals surface area contributed by atoms with Gasteiger partial charge in [-0.25, -0.2) is 8.78 Å². The minimum Gasteiger partial charge on any atom is -0.344 e. The fourth-order valence-corrected chi connectivity index (χ4v) is 8.02. The van der Waals surface area contributed by atoms with Crippen LogP contribution in [0.4, 0.5) is 22.0 Å². The summed E-state index contributed by atoms with van der Waals surface area (Å²) in [6, 6.07) is 17.3. The van der Waals surface area contributed by atoms with Gasteiger partial charge in [-0.2, -0.15) is 13.2 Å². The number of nitrogens with one attached hydrogen (secondary N) is 1. The molecule has 0 aliphatic carbocycles. The predicted octanol–water partition coefficient (Wildman–Crippen LogP) is 9.79. The normalized spacial score (nSPS) is 14.7. The number of alkyl halides is 3. The van der Waals surface area contributed by atoms with Gasteiger partial charge in [-0.3, -0.25) is 9.69 Å². The van der Waals surface area contributed by atoms with Crippen LogP contribution in [0.1, 0.15) is 85.9 Å². The summed E-state index contributed by atoms with van der Waals surface area (Å²) in [5.41, 5.74) is 3.27. The fourth-order valence-electron chi connectivity index (χ4n) is 8.02. The minimum absolute atomic E-state index is 0.0453. The number of aryl methyl sites for hydroxylation is 2. The van der Waals surface area contributed by atoms with E-state index in [1.54, 1.807) is 6.07 Å². The number of aromatic amines is 1. The third-order valence-corrected chi connectivity index (χ3v) is 10.6. The van der Waals surface area contributed by atoms with Crippen molar-refractivity contribution < 1.29 is 22.0 Å². The molecule has 3 aromatic carbocycles. The van der Waals surface area contributed by atoms with Crippen LogP contribution >= 0.6 is 0 Å². The molecule has 5 aromatic rings. The topological polar surface area (TPSA) is 44.3 Å². The first kappa shape index (κ1) is 36.8. The smallest absolute Gasteiger partial charge is 0.344 e. The standard InChI is InChI=1S/C41H47F5N4O/c1-3-35-28(2)38-36(20-19-34-39(38)33(41(44,45)46)27-37(51)47-34)50(35)22-10-8-6-4-5-7-9-21-48-23-25-49(26-24-48)40(29-11-15-31(42)16-12-29)30-13-17-32(43)18-14-30/h11-20,27,40H,3-10,21-26H2,1-2H3,(H,47,51). The second-order valence-electron chi connectivity index (χ2n) is 13.9. The lowest BCUT2D eigenvalue weighted by atomic mass is 9.96. The number of hydrogen-bond acceptors (Lipinski definition) is 3. The van der Waals surface area contributed by atoms with Gasteiger partial charge in [-0.1, -0.05) is 63.3 Å². The van der Waals surface area contributed by atoms with Crippen molar-refractivity contribution in [1.29, 1.82) is 0 Å². The zero-order valence-electron chi connectivity index (χ0n) is 29.5. The van der Waals surface area contributed by atoms with Crippen LogP contribution in [0.15, 0.2) is 71.5 Å². The lowest BCUT2D eigenvalue weighted by molar-refractivity contribution is -0.136. The maximum atomic E-state index is 14.0. The number of rotatable bonds is 14. The summed E-state index contributed by atoms with van der Waals surface area (Å²) in [6.45, 7) is 9.41. The molecular formula is C41H47F5N4O. The van der Waals surface area contributed by atoms with E-state index in [4.69, 9.17) is 0 Å². The highest BCUT2D eigenvalue weighted by Gasteiger charge is 2.35. The van der Waals surface area contributed by atoms with Crippen molar-refractivity contribution in [2.75, 3.05) is 32.7 Å². The molecule has 0 unspecified atom stereocenters. The second kappa shape index (κ2) is 16.1. The Bertz CT molecular complexity index is 1930. The summed E-state index contributed by atoms with van der Waals surface area (Å²) in [6.07, 6.45) is 3.86. The molecule has 1 N–H and O–H groups in total. The third-order valence-electron chi connectivity index (χ3n) is 10.6. The first-order valence-electron chi connectivity index (χ1n) is 18.3. The van der Waals surface area contributed by atoms with Gasteiger partial charge in [-0.15, -0.1) is 0 Å². The van der Waals surface area contributed by atoms with E-state index in [2.05, 4.69) is 19.4 Å². The minimum atomic E-state index is -4.63. The number of H-pyrrole nitrogens is 1. The van der Waals surface area contributed by atoms with Crippen LogP contribution in [-0.4, -0.2) is 52.1 Å². The number of halogens is 5. The number of piperazine rings is 1. The Balaban J connectivity index is 0.950. The maximum Gasteiger partial charge on any atom is 0.417 e. The summed E-state index contributed by atoms with van der Waals surface area (Å²) < 4.78 is 71.6. The average molecular weight is 707 g/mol. The lowest BCUT2D eigenvalue weighted by Gasteiger charge is -2.40. The SMILES string of the molecule is CCc1c(C)c2c3c(C(F)(F)F)cc(=O)[nH]c3ccc2n1CCCCCCCCCN1CCN(C(c2ccc(F)cc2)c2ccc(F)cc2)CC1. The summed E-state index contributed by atoms with van der Waals surface area (Å²) in [7, 11) is 0. The van der Waals surface area contributed by atoms with Gasteiger partial charge >= 0.3 is 6.18 Å². The van der Waals surface area contributed by atoms with E-state index in [-0.39, 0.29) is 28.6 Å². The van der Waals surface area contributed by atoms with Gasteiger partial charge in [0.2, 0.25) is 5.56 Å². The van der Waals surface area contributed by atoms with Crippen molar-refractivity contribution in [1.82, 2.24) is 19.4 Å². The van der Waals surface area contributed by atoms with Gasteiger partial charge in [0.15, 0.2) is 0 Å². The largest absolute Gasteiger partial charge is 0.417 e. The zero-order chi connectivity index (χ0) is 36.1. The van der Waals surface area contributed by atoms with E-state index in [1.165, 1.54) is 37.1 Å². The van der Waals surface area contributed by atoms with Gasteiger partial charge < -0.3 is 14.5 Å². The van der Waals surface area contributed by atoms with Gasteiger partial charge in [-0.05, 0) is 85.8 Å². The van der Waals surface area contributed by atoms with Crippen molar-refractivity contribution in [2.45, 2.75) is 84.0 Å². The van der Waals surface area contributed by atoms with Crippen molar-refractivity contribution in [2.24, 2.45) is 0 Å². The van der Waals surface area contributed by atoms with Gasteiger partial charge in [0.25, 0.3) is 0 Å². The average Bonchev–Trinajstić information content (AvgIpc) is 3.39. The van der Waals surface area contributed by atoms with Crippen LogP contribution in [0.2, 0.25) is 0 Å². The molecule has 1 saturated heterocycles. The Kier molecular flexibility index (Phi) is 11.6. The number of aromatic nitrogens is 2. The second-order valence-corrected chi connectivity index (χ2v) is 13.9. The molecule has 2 aromatic heterocycles. The van der Waals surface area contributed by atoms with E-state index in [0.29, 0.717) is 17.9 Å². The molecule has 0 bridgehead atoms. The van der Waals surface area contributed by atoms with Gasteiger partial charge in [0.1, 0.15) is 11.6 Å². The molecule has 272 valence electrons. The fraction of sp³-hybridized carbons (Fsp3) is 0.439. The molecule has 1 aliphatic rings. The molecule has 5 nitrogen and oxygen atoms in total. The number of benzene rings is 3. The van der Waals surface area contributed by atoms with Crippen LogP contribution in [0.5, 0.6) is 0 Å². The molecular weight excluding hydrogens is 659 g/mol. The highest BCUT2D eigenvalue weighted by Crippen LogP contribution is 2.40. The number of unbranched alkanes of at least 4 members (excludes halogenated alkanes) is 6. The van der Waals surface area contributed by atoms with Crippen LogP contribution in [0.3, 0.4) is 0 Å². The zero-order valence-corrected chi connectivity index (χ0v) is 29.5. The first-order valence-corrected chi connectivity index (χ1v) is 18.3. The van der Waals surface area contributed by atoms with Crippen molar-refractivity contribution in [3.8, 4) is 0 Å². The molecule has 10 heteroatoms. The third kappa shape index (κ3) is 8.39. The van der Waals surface area contributed by atoms with E-state index in [1.807, 2.05) is 44.2 Å². The molecule has 3 heterocycles. The first-order chi connectivity index (χ1) is 24.5. The molecule has 6 rings (SSSR count). The van der Waals surface area contributed by atoms with Crippen molar-refractivity contribution >= 4 is 21.8 Å². The molecule has 0 atom stereocenters. The van der Waals surface area contributed by atoms with Crippen molar-refractivity contribution in [3.05, 3.63) is 117 Å². The lowest BCUT2D eigenvalue weighted by Crippen LogP contribution is -2.48. The van der Waals surface area contributed by atoms with Crippen LogP contribution in [-0.2, 0) is 19.1 Å². The predicted molar refractivity (Wildman–Crippen MR) is 194 cm³/mol. The Labute approximate surface area is 296 Å². The number of hydrogen-bond donors (Lipinski definition) is 1. The Morgan fingerprint density at radius 2 is 1.27 bits per heavy atom. The number of nitrogens with zero attached hydrogens (tertiary/aromatic N) is 3. The Hall–Kier alpha value is -4.02. The summed E-state index contributed by atoms with van der Waals surface area (Å²) in [4.78, 5) is 19.5. The molecule has 1 aliphatic heterocycles. The van der Waals surface area contributed by atoms with Crippen molar-refractivity contribution in [3.63, 3.8) is 0 Å². The van der Waals surface area contributed by atoms with Crippen LogP contribution in [0.25, 0.3) is 21.8 Å². The molecule has 0 radical (unpaired) electrons. The molecule has 0 amide bonds. The van der Waals surface area contributed by atoms with E-state index in [9.17, 15) is 26.7 Å². The van der Waals surface area contributed by atoms with E-state index in [0.717, 1.165) is 99.3 Å². The molecule has 1 fully saturated rings. The summed E-state index contributed by atoms with van der Waals surface area (Å²) in [5.74, 6) is -0.534. The van der Waals surface area contributed by atoms with Gasteiger partial charge in [0, 0.05) is 66.3 Å². The van der Waals surface area contributed by atoms with E-state index < -0.39 is 17.3 Å². The maximum absolute atomic E-state index is 14.0. The quantitative estimate of drug-likeness (QED) is 0.0924. The monoisotopic (exact) mass is 706 g/mol. The molecule has 0 saturated carbocycles.